The Morgan fingerprint density at radius 2 is 1.96 bits per heavy atom. The molecule has 2 aromatic carbocycles. The molecule has 0 spiro atoms. The molecule has 2 aromatic rings. The zero-order chi connectivity index (χ0) is 18.9. The van der Waals surface area contributed by atoms with Gasteiger partial charge in [0.05, 0.1) is 25.7 Å². The number of halogens is 1. The molecule has 0 radical (unpaired) electrons. The molecule has 1 heterocycles. The standard InChI is InChI=1S/C21H25FN2O3/c22-18-6-8-19(9-7-18)26-12-10-21(25)23-14-20-16-24(11-13-27-20)15-17-4-2-1-3-5-17/h1-9,20H,10-16H2,(H,23,25). The summed E-state index contributed by atoms with van der Waals surface area (Å²) in [5, 5.41) is 2.90. The third-order valence-electron chi connectivity index (χ3n) is 4.41. The molecule has 1 unspecified atom stereocenters. The minimum Gasteiger partial charge on any atom is -0.493 e. The van der Waals surface area contributed by atoms with Crippen molar-refractivity contribution in [2.45, 2.75) is 19.1 Å². The number of benzene rings is 2. The van der Waals surface area contributed by atoms with Crippen LogP contribution in [-0.2, 0) is 16.1 Å². The largest absolute Gasteiger partial charge is 0.493 e. The number of ether oxygens (including phenoxy) is 2. The van der Waals surface area contributed by atoms with Gasteiger partial charge in [0.25, 0.3) is 0 Å². The number of nitrogens with one attached hydrogen (secondary N) is 1. The number of carbonyl (C=O) groups excluding carboxylic acids is 1. The van der Waals surface area contributed by atoms with E-state index in [0.717, 1.165) is 19.6 Å². The van der Waals surface area contributed by atoms with Crippen molar-refractivity contribution in [3.63, 3.8) is 0 Å². The van der Waals surface area contributed by atoms with Crippen LogP contribution in [0.2, 0.25) is 0 Å². The summed E-state index contributed by atoms with van der Waals surface area (Å²) in [6.45, 7) is 3.98. The first-order valence-corrected chi connectivity index (χ1v) is 9.22. The van der Waals surface area contributed by atoms with Crippen LogP contribution in [0.1, 0.15) is 12.0 Å². The highest BCUT2D eigenvalue weighted by molar-refractivity contribution is 5.76. The van der Waals surface area contributed by atoms with Crippen LogP contribution >= 0.6 is 0 Å². The molecule has 0 saturated carbocycles. The minimum atomic E-state index is -0.311. The van der Waals surface area contributed by atoms with Crippen molar-refractivity contribution < 1.29 is 18.7 Å². The van der Waals surface area contributed by atoms with Gasteiger partial charge in [0.1, 0.15) is 11.6 Å². The zero-order valence-electron chi connectivity index (χ0n) is 15.3. The maximum Gasteiger partial charge on any atom is 0.223 e. The molecule has 6 heteroatoms. The van der Waals surface area contributed by atoms with E-state index in [1.807, 2.05) is 18.2 Å². The van der Waals surface area contributed by atoms with Crippen molar-refractivity contribution in [2.24, 2.45) is 0 Å². The average molecular weight is 372 g/mol. The van der Waals surface area contributed by atoms with E-state index in [0.29, 0.717) is 18.9 Å². The molecule has 1 aliphatic rings. The quantitative estimate of drug-likeness (QED) is 0.774. The van der Waals surface area contributed by atoms with Gasteiger partial charge in [0.15, 0.2) is 0 Å². The molecule has 0 bridgehead atoms. The van der Waals surface area contributed by atoms with Crippen LogP contribution in [0.4, 0.5) is 4.39 Å². The monoisotopic (exact) mass is 372 g/mol. The van der Waals surface area contributed by atoms with Crippen LogP contribution < -0.4 is 10.1 Å². The fourth-order valence-electron chi connectivity index (χ4n) is 3.00. The summed E-state index contributed by atoms with van der Waals surface area (Å²) in [5.41, 5.74) is 1.28. The SMILES string of the molecule is O=C(CCOc1ccc(F)cc1)NCC1CN(Cc2ccccc2)CCO1. The van der Waals surface area contributed by atoms with Crippen LogP contribution in [0.3, 0.4) is 0 Å². The Morgan fingerprint density at radius 1 is 1.19 bits per heavy atom. The molecule has 1 N–H and O–H groups in total. The molecule has 5 nitrogen and oxygen atoms in total. The average Bonchev–Trinajstić information content (AvgIpc) is 2.69. The maximum atomic E-state index is 12.8. The summed E-state index contributed by atoms with van der Waals surface area (Å²) in [7, 11) is 0. The van der Waals surface area contributed by atoms with E-state index >= 15 is 0 Å². The van der Waals surface area contributed by atoms with Crippen LogP contribution in [0.25, 0.3) is 0 Å². The zero-order valence-corrected chi connectivity index (χ0v) is 15.3. The highest BCUT2D eigenvalue weighted by Crippen LogP contribution is 2.12. The van der Waals surface area contributed by atoms with E-state index in [1.165, 1.54) is 17.7 Å². The number of nitrogens with zero attached hydrogens (tertiary/aromatic N) is 1. The second-order valence-corrected chi connectivity index (χ2v) is 6.57. The lowest BCUT2D eigenvalue weighted by Gasteiger charge is -2.33. The number of hydrogen-bond donors (Lipinski definition) is 1. The van der Waals surface area contributed by atoms with E-state index in [1.54, 1.807) is 12.1 Å². The van der Waals surface area contributed by atoms with Crippen molar-refractivity contribution in [2.75, 3.05) is 32.8 Å². The van der Waals surface area contributed by atoms with E-state index in [4.69, 9.17) is 9.47 Å². The van der Waals surface area contributed by atoms with Gasteiger partial charge >= 0.3 is 0 Å². The Labute approximate surface area is 159 Å². The fourth-order valence-corrected chi connectivity index (χ4v) is 3.00. The molecule has 1 fully saturated rings. The Kier molecular flexibility index (Phi) is 7.19. The van der Waals surface area contributed by atoms with Crippen LogP contribution in [0, 0.1) is 5.82 Å². The van der Waals surface area contributed by atoms with Gasteiger partial charge in [-0.25, -0.2) is 4.39 Å². The lowest BCUT2D eigenvalue weighted by Crippen LogP contribution is -2.47. The molecule has 1 atom stereocenters. The summed E-state index contributed by atoms with van der Waals surface area (Å²) in [4.78, 5) is 14.3. The van der Waals surface area contributed by atoms with Gasteiger partial charge in [0, 0.05) is 26.2 Å². The molecule has 27 heavy (non-hydrogen) atoms. The number of amides is 1. The lowest BCUT2D eigenvalue weighted by molar-refractivity contribution is -0.122. The lowest BCUT2D eigenvalue weighted by atomic mass is 10.2. The van der Waals surface area contributed by atoms with E-state index in [-0.39, 0.29) is 30.9 Å². The van der Waals surface area contributed by atoms with Crippen molar-refractivity contribution in [1.82, 2.24) is 10.2 Å². The maximum absolute atomic E-state index is 12.8. The third-order valence-corrected chi connectivity index (χ3v) is 4.41. The van der Waals surface area contributed by atoms with E-state index in [9.17, 15) is 9.18 Å². The molecule has 1 amide bonds. The predicted octanol–water partition coefficient (Wildman–Crippen LogP) is 2.61. The van der Waals surface area contributed by atoms with Crippen LogP contribution in [0.15, 0.2) is 54.6 Å². The first-order valence-electron chi connectivity index (χ1n) is 9.22. The van der Waals surface area contributed by atoms with Gasteiger partial charge in [-0.2, -0.15) is 0 Å². The van der Waals surface area contributed by atoms with Gasteiger partial charge in [-0.1, -0.05) is 30.3 Å². The predicted molar refractivity (Wildman–Crippen MR) is 101 cm³/mol. The topological polar surface area (TPSA) is 50.8 Å². The number of hydrogen-bond acceptors (Lipinski definition) is 4. The van der Waals surface area contributed by atoms with Gasteiger partial charge < -0.3 is 14.8 Å². The summed E-state index contributed by atoms with van der Waals surface area (Å²) in [6, 6.07) is 16.1. The Morgan fingerprint density at radius 3 is 2.74 bits per heavy atom. The molecule has 1 aliphatic heterocycles. The first-order chi connectivity index (χ1) is 13.2. The van der Waals surface area contributed by atoms with E-state index in [2.05, 4.69) is 22.3 Å². The minimum absolute atomic E-state index is 0.00979. The summed E-state index contributed by atoms with van der Waals surface area (Å²) in [5.74, 6) is 0.158. The molecule has 1 saturated heterocycles. The number of rotatable bonds is 8. The molecule has 0 aliphatic carbocycles. The number of carbonyl (C=O) groups is 1. The van der Waals surface area contributed by atoms with E-state index < -0.39 is 0 Å². The van der Waals surface area contributed by atoms with Crippen LogP contribution in [0.5, 0.6) is 5.75 Å². The Hall–Kier alpha value is -2.44. The summed E-state index contributed by atoms with van der Waals surface area (Å²) in [6.07, 6.45) is 0.238. The van der Waals surface area contributed by atoms with Crippen LogP contribution in [-0.4, -0.2) is 49.8 Å². The van der Waals surface area contributed by atoms with Gasteiger partial charge in [-0.15, -0.1) is 0 Å². The first kappa shape index (κ1) is 19.3. The Balaban J connectivity index is 1.33. The summed E-state index contributed by atoms with van der Waals surface area (Å²) < 4.78 is 24.0. The van der Waals surface area contributed by atoms with Gasteiger partial charge in [-0.3, -0.25) is 9.69 Å². The van der Waals surface area contributed by atoms with Gasteiger partial charge in [-0.05, 0) is 29.8 Å². The van der Waals surface area contributed by atoms with Crippen molar-refractivity contribution in [3.8, 4) is 5.75 Å². The molecule has 3 rings (SSSR count). The highest BCUT2D eigenvalue weighted by Gasteiger charge is 2.21. The molecule has 144 valence electrons. The van der Waals surface area contributed by atoms with Crippen molar-refractivity contribution in [1.29, 1.82) is 0 Å². The fraction of sp³-hybridized carbons (Fsp3) is 0.381. The molecular weight excluding hydrogens is 347 g/mol. The summed E-state index contributed by atoms with van der Waals surface area (Å²) >= 11 is 0. The third kappa shape index (κ3) is 6.66. The van der Waals surface area contributed by atoms with Crippen molar-refractivity contribution in [3.05, 3.63) is 66.0 Å². The second-order valence-electron chi connectivity index (χ2n) is 6.57. The number of morpholine rings is 1. The van der Waals surface area contributed by atoms with Gasteiger partial charge in [0.2, 0.25) is 5.91 Å². The Bertz CT molecular complexity index is 709. The van der Waals surface area contributed by atoms with Crippen molar-refractivity contribution >= 4 is 5.91 Å². The normalized spacial score (nSPS) is 17.4. The second kappa shape index (κ2) is 10.0. The highest BCUT2D eigenvalue weighted by atomic mass is 19.1. The smallest absolute Gasteiger partial charge is 0.223 e. The molecular formula is C21H25FN2O3. The molecule has 0 aromatic heterocycles.